The summed E-state index contributed by atoms with van der Waals surface area (Å²) in [5, 5.41) is 4.04. The van der Waals surface area contributed by atoms with E-state index in [1.165, 1.54) is 0 Å². The fraction of sp³-hybridized carbons (Fsp3) is 0.533. The van der Waals surface area contributed by atoms with Crippen molar-refractivity contribution in [2.75, 3.05) is 26.3 Å². The largest absolute Gasteiger partial charge is 0.350 e. The Bertz CT molecular complexity index is 457. The molecule has 0 aromatic carbocycles. The van der Waals surface area contributed by atoms with E-state index in [1.54, 1.807) is 17.4 Å². The Kier molecular flexibility index (Phi) is 4.50. The molecule has 2 aliphatic rings. The highest BCUT2D eigenvalue weighted by Crippen LogP contribution is 2.25. The molecule has 0 saturated carbocycles. The number of likely N-dealkylation sites (tertiary alicyclic amines) is 1. The SMILES string of the molecule is O=C(/C=C/c1ccsc1)N1CCC(C2OCCO2)CC1. The standard InChI is InChI=1S/C15H19NO3S/c17-14(2-1-12-5-10-20-11-12)16-6-3-13(4-7-16)15-18-8-9-19-15/h1-2,5,10-11,13,15H,3-4,6-9H2/b2-1+. The number of hydrogen-bond acceptors (Lipinski definition) is 4. The molecule has 0 aliphatic carbocycles. The lowest BCUT2D eigenvalue weighted by Crippen LogP contribution is -2.40. The minimum Gasteiger partial charge on any atom is -0.350 e. The molecular formula is C15H19NO3S. The Hall–Kier alpha value is -1.17. The molecule has 2 saturated heterocycles. The van der Waals surface area contributed by atoms with Gasteiger partial charge in [-0.1, -0.05) is 0 Å². The van der Waals surface area contributed by atoms with Crippen molar-refractivity contribution in [2.45, 2.75) is 19.1 Å². The zero-order chi connectivity index (χ0) is 13.8. The van der Waals surface area contributed by atoms with Gasteiger partial charge in [0.25, 0.3) is 0 Å². The molecule has 3 rings (SSSR count). The van der Waals surface area contributed by atoms with E-state index in [0.29, 0.717) is 19.1 Å². The molecule has 3 heterocycles. The van der Waals surface area contributed by atoms with Gasteiger partial charge in [0.05, 0.1) is 13.2 Å². The molecular weight excluding hydrogens is 274 g/mol. The summed E-state index contributed by atoms with van der Waals surface area (Å²) in [5.74, 6) is 0.533. The Balaban J connectivity index is 1.48. The van der Waals surface area contributed by atoms with Gasteiger partial charge in [-0.05, 0) is 41.3 Å². The van der Waals surface area contributed by atoms with Gasteiger partial charge in [-0.25, -0.2) is 0 Å². The molecule has 0 unspecified atom stereocenters. The highest BCUT2D eigenvalue weighted by molar-refractivity contribution is 7.08. The maximum Gasteiger partial charge on any atom is 0.246 e. The van der Waals surface area contributed by atoms with E-state index >= 15 is 0 Å². The van der Waals surface area contributed by atoms with Crippen molar-refractivity contribution < 1.29 is 14.3 Å². The smallest absolute Gasteiger partial charge is 0.246 e. The second-order valence-corrected chi connectivity index (χ2v) is 5.94. The number of nitrogens with zero attached hydrogens (tertiary/aromatic N) is 1. The van der Waals surface area contributed by atoms with E-state index < -0.39 is 0 Å². The van der Waals surface area contributed by atoms with Crippen LogP contribution >= 0.6 is 11.3 Å². The highest BCUT2D eigenvalue weighted by Gasteiger charge is 2.31. The molecule has 0 spiro atoms. The van der Waals surface area contributed by atoms with Gasteiger partial charge in [0, 0.05) is 25.1 Å². The number of thiophene rings is 1. The van der Waals surface area contributed by atoms with E-state index in [9.17, 15) is 4.79 Å². The minimum absolute atomic E-state index is 0.0476. The van der Waals surface area contributed by atoms with Gasteiger partial charge in [-0.3, -0.25) is 4.79 Å². The number of hydrogen-bond donors (Lipinski definition) is 0. The van der Waals surface area contributed by atoms with Crippen LogP contribution in [-0.2, 0) is 14.3 Å². The molecule has 0 bridgehead atoms. The molecule has 108 valence electrons. The average molecular weight is 293 g/mol. The van der Waals surface area contributed by atoms with Crippen LogP contribution in [0.15, 0.2) is 22.9 Å². The predicted octanol–water partition coefficient (Wildman–Crippen LogP) is 2.37. The molecule has 1 aromatic rings. The Morgan fingerprint density at radius 3 is 2.70 bits per heavy atom. The number of rotatable bonds is 3. The van der Waals surface area contributed by atoms with Crippen molar-refractivity contribution in [1.29, 1.82) is 0 Å². The lowest BCUT2D eigenvalue weighted by molar-refractivity contribution is -0.131. The van der Waals surface area contributed by atoms with E-state index in [-0.39, 0.29) is 12.2 Å². The van der Waals surface area contributed by atoms with Crippen molar-refractivity contribution in [1.82, 2.24) is 4.90 Å². The van der Waals surface area contributed by atoms with Crippen molar-refractivity contribution in [2.24, 2.45) is 5.92 Å². The van der Waals surface area contributed by atoms with E-state index in [1.807, 2.05) is 27.8 Å². The van der Waals surface area contributed by atoms with Gasteiger partial charge in [0.2, 0.25) is 5.91 Å². The van der Waals surface area contributed by atoms with E-state index in [0.717, 1.165) is 31.5 Å². The lowest BCUT2D eigenvalue weighted by Gasteiger charge is -2.33. The average Bonchev–Trinajstić information content (AvgIpc) is 3.18. The zero-order valence-electron chi connectivity index (χ0n) is 11.4. The van der Waals surface area contributed by atoms with Crippen LogP contribution in [0.2, 0.25) is 0 Å². The summed E-state index contributed by atoms with van der Waals surface area (Å²) < 4.78 is 11.1. The summed E-state index contributed by atoms with van der Waals surface area (Å²) in [4.78, 5) is 14.0. The fourth-order valence-electron chi connectivity index (χ4n) is 2.68. The van der Waals surface area contributed by atoms with E-state index in [4.69, 9.17) is 9.47 Å². The van der Waals surface area contributed by atoms with Crippen molar-refractivity contribution in [3.63, 3.8) is 0 Å². The van der Waals surface area contributed by atoms with Crippen LogP contribution in [0.25, 0.3) is 6.08 Å². The quantitative estimate of drug-likeness (QED) is 0.803. The van der Waals surface area contributed by atoms with Gasteiger partial charge in [-0.2, -0.15) is 11.3 Å². The fourth-order valence-corrected chi connectivity index (χ4v) is 3.31. The maximum absolute atomic E-state index is 12.1. The number of amides is 1. The predicted molar refractivity (Wildman–Crippen MR) is 78.3 cm³/mol. The Morgan fingerprint density at radius 2 is 2.05 bits per heavy atom. The van der Waals surface area contributed by atoms with Crippen LogP contribution in [0.3, 0.4) is 0 Å². The van der Waals surface area contributed by atoms with Crippen molar-refractivity contribution >= 4 is 23.3 Å². The molecule has 0 atom stereocenters. The van der Waals surface area contributed by atoms with Crippen LogP contribution in [-0.4, -0.2) is 43.4 Å². The number of carbonyl (C=O) groups is 1. The van der Waals surface area contributed by atoms with Crippen molar-refractivity contribution in [3.8, 4) is 0 Å². The molecule has 0 N–H and O–H groups in total. The summed E-state index contributed by atoms with van der Waals surface area (Å²) in [5.41, 5.74) is 1.09. The van der Waals surface area contributed by atoms with Crippen LogP contribution in [0.5, 0.6) is 0 Å². The molecule has 5 heteroatoms. The van der Waals surface area contributed by atoms with Gasteiger partial charge in [0.1, 0.15) is 0 Å². The molecule has 2 aliphatic heterocycles. The Morgan fingerprint density at radius 1 is 1.30 bits per heavy atom. The van der Waals surface area contributed by atoms with Crippen LogP contribution in [0, 0.1) is 5.92 Å². The third-order valence-corrected chi connectivity index (χ3v) is 4.55. The summed E-state index contributed by atoms with van der Waals surface area (Å²) >= 11 is 1.64. The highest BCUT2D eigenvalue weighted by atomic mass is 32.1. The molecule has 1 amide bonds. The third-order valence-electron chi connectivity index (χ3n) is 3.85. The zero-order valence-corrected chi connectivity index (χ0v) is 12.2. The number of carbonyl (C=O) groups excluding carboxylic acids is 1. The molecule has 1 aromatic heterocycles. The second-order valence-electron chi connectivity index (χ2n) is 5.16. The van der Waals surface area contributed by atoms with Crippen LogP contribution < -0.4 is 0 Å². The van der Waals surface area contributed by atoms with E-state index in [2.05, 4.69) is 0 Å². The second kappa shape index (κ2) is 6.52. The molecule has 0 radical (unpaired) electrons. The van der Waals surface area contributed by atoms with Gasteiger partial charge < -0.3 is 14.4 Å². The Labute approximate surface area is 123 Å². The normalized spacial score (nSPS) is 21.9. The lowest BCUT2D eigenvalue weighted by atomic mass is 9.96. The first-order valence-corrected chi connectivity index (χ1v) is 7.99. The van der Waals surface area contributed by atoms with Gasteiger partial charge in [0.15, 0.2) is 6.29 Å². The first kappa shape index (κ1) is 13.8. The maximum atomic E-state index is 12.1. The van der Waals surface area contributed by atoms with Gasteiger partial charge in [-0.15, -0.1) is 0 Å². The summed E-state index contributed by atoms with van der Waals surface area (Å²) in [6.45, 7) is 2.99. The third kappa shape index (κ3) is 3.29. The minimum atomic E-state index is -0.0476. The van der Waals surface area contributed by atoms with Gasteiger partial charge >= 0.3 is 0 Å². The van der Waals surface area contributed by atoms with Crippen LogP contribution in [0.1, 0.15) is 18.4 Å². The number of ether oxygens (including phenoxy) is 2. The van der Waals surface area contributed by atoms with Crippen molar-refractivity contribution in [3.05, 3.63) is 28.5 Å². The summed E-state index contributed by atoms with van der Waals surface area (Å²) in [7, 11) is 0. The van der Waals surface area contributed by atoms with Crippen LogP contribution in [0.4, 0.5) is 0 Å². The molecule has 2 fully saturated rings. The first-order valence-electron chi connectivity index (χ1n) is 7.05. The number of piperidine rings is 1. The molecule has 20 heavy (non-hydrogen) atoms. The monoisotopic (exact) mass is 293 g/mol. The first-order chi connectivity index (χ1) is 9.83. The molecule has 4 nitrogen and oxygen atoms in total. The summed E-state index contributed by atoms with van der Waals surface area (Å²) in [6.07, 6.45) is 5.43. The topological polar surface area (TPSA) is 38.8 Å². The summed E-state index contributed by atoms with van der Waals surface area (Å²) in [6, 6.07) is 2.01.